The molecule has 0 aromatic heterocycles. The zero-order valence-electron chi connectivity index (χ0n) is 6.25. The van der Waals surface area contributed by atoms with E-state index in [0.29, 0.717) is 19.8 Å². The number of hydrogen-bond donors (Lipinski definition) is 0. The van der Waals surface area contributed by atoms with Gasteiger partial charge in [-0.3, -0.25) is 9.69 Å². The molecule has 0 bridgehead atoms. The highest BCUT2D eigenvalue weighted by Gasteiger charge is 2.25. The zero-order valence-corrected chi connectivity index (χ0v) is 7.00. The number of nitrogens with zero attached hydrogens (tertiary/aromatic N) is 1. The van der Waals surface area contributed by atoms with Gasteiger partial charge in [0.2, 0.25) is 6.41 Å². The fraction of sp³-hybridized carbons (Fsp3) is 0.833. The minimum Gasteiger partial charge on any atom is -0.333 e. The molecule has 0 aromatic carbocycles. The molecule has 1 fully saturated rings. The lowest BCUT2D eigenvalue weighted by Gasteiger charge is -2.22. The van der Waals surface area contributed by atoms with Crippen molar-refractivity contribution in [2.24, 2.45) is 0 Å². The van der Waals surface area contributed by atoms with Gasteiger partial charge in [-0.2, -0.15) is 0 Å². The summed E-state index contributed by atoms with van der Waals surface area (Å²) >= 11 is 5.25. The van der Waals surface area contributed by atoms with Gasteiger partial charge in [-0.1, -0.05) is 0 Å². The fourth-order valence-electron chi connectivity index (χ4n) is 0.882. The average molecular weight is 180 g/mol. The highest BCUT2D eigenvalue weighted by molar-refractivity contribution is 6.62. The third-order valence-corrected chi connectivity index (χ3v) is 1.64. The van der Waals surface area contributed by atoms with Crippen molar-refractivity contribution in [1.29, 1.82) is 0 Å². The summed E-state index contributed by atoms with van der Waals surface area (Å²) in [5.74, 6) is 0. The third-order valence-electron chi connectivity index (χ3n) is 1.43. The summed E-state index contributed by atoms with van der Waals surface area (Å²) in [4.78, 5) is 12.0. The molecule has 64 valence electrons. The Bertz CT molecular complexity index is 147. The monoisotopic (exact) mass is 179 g/mol. The Labute approximate surface area is 70.0 Å². The van der Waals surface area contributed by atoms with Crippen LogP contribution < -0.4 is 0 Å². The van der Waals surface area contributed by atoms with Crippen LogP contribution in [0.5, 0.6) is 0 Å². The highest BCUT2D eigenvalue weighted by Crippen LogP contribution is 2.11. The SMILES string of the molecule is CCN(C(=O)Cl)C1OCCO1. The maximum absolute atomic E-state index is 10.7. The third kappa shape index (κ3) is 2.05. The maximum atomic E-state index is 10.7. The predicted octanol–water partition coefficient (Wildman–Crippen LogP) is 0.997. The summed E-state index contributed by atoms with van der Waals surface area (Å²) in [6, 6.07) is 0. The van der Waals surface area contributed by atoms with E-state index in [1.54, 1.807) is 0 Å². The van der Waals surface area contributed by atoms with Crippen molar-refractivity contribution >= 4 is 17.0 Å². The summed E-state index contributed by atoms with van der Waals surface area (Å²) in [5.41, 5.74) is 0. The number of carbonyl (C=O) groups is 1. The number of amides is 1. The van der Waals surface area contributed by atoms with Gasteiger partial charge in [0.25, 0.3) is 0 Å². The lowest BCUT2D eigenvalue weighted by atomic mass is 10.6. The van der Waals surface area contributed by atoms with Crippen LogP contribution >= 0.6 is 11.6 Å². The molecule has 1 rings (SSSR count). The van der Waals surface area contributed by atoms with Crippen molar-refractivity contribution in [2.75, 3.05) is 19.8 Å². The molecular weight excluding hydrogens is 170 g/mol. The first-order valence-electron chi connectivity index (χ1n) is 3.45. The molecule has 11 heavy (non-hydrogen) atoms. The van der Waals surface area contributed by atoms with E-state index in [0.717, 1.165) is 0 Å². The topological polar surface area (TPSA) is 38.8 Å². The Morgan fingerprint density at radius 3 is 2.55 bits per heavy atom. The van der Waals surface area contributed by atoms with Gasteiger partial charge in [-0.25, -0.2) is 0 Å². The van der Waals surface area contributed by atoms with Crippen molar-refractivity contribution in [3.63, 3.8) is 0 Å². The molecular formula is C6H10ClNO3. The molecule has 5 heteroatoms. The summed E-state index contributed by atoms with van der Waals surface area (Å²) in [5, 5.41) is -0.542. The van der Waals surface area contributed by atoms with E-state index >= 15 is 0 Å². The van der Waals surface area contributed by atoms with Gasteiger partial charge >= 0.3 is 5.37 Å². The summed E-state index contributed by atoms with van der Waals surface area (Å²) in [6.45, 7) is 3.34. The second kappa shape index (κ2) is 3.90. The first-order valence-corrected chi connectivity index (χ1v) is 3.82. The molecule has 0 atom stereocenters. The van der Waals surface area contributed by atoms with Crippen molar-refractivity contribution in [3.05, 3.63) is 0 Å². The normalized spacial score (nSPS) is 18.7. The molecule has 1 amide bonds. The van der Waals surface area contributed by atoms with Gasteiger partial charge in [0.05, 0.1) is 13.2 Å². The van der Waals surface area contributed by atoms with Crippen molar-refractivity contribution in [3.8, 4) is 0 Å². The minimum absolute atomic E-state index is 0.493. The molecule has 1 saturated heterocycles. The minimum atomic E-state index is -0.579. The van der Waals surface area contributed by atoms with Crippen LogP contribution in [0, 0.1) is 0 Å². The van der Waals surface area contributed by atoms with Crippen LogP contribution in [0.1, 0.15) is 6.92 Å². The first kappa shape index (κ1) is 8.77. The smallest absolute Gasteiger partial charge is 0.320 e. The van der Waals surface area contributed by atoms with Gasteiger partial charge in [0, 0.05) is 6.54 Å². The molecule has 0 spiro atoms. The zero-order chi connectivity index (χ0) is 8.27. The standard InChI is InChI=1S/C6H10ClNO3/c1-2-8(5(7)9)6-10-3-4-11-6/h6H,2-4H2,1H3. The molecule has 1 heterocycles. The Balaban J connectivity index is 2.46. The van der Waals surface area contributed by atoms with Gasteiger partial charge in [-0.05, 0) is 18.5 Å². The van der Waals surface area contributed by atoms with Crippen molar-refractivity contribution < 1.29 is 14.3 Å². The molecule has 0 radical (unpaired) electrons. The molecule has 0 saturated carbocycles. The molecule has 0 N–H and O–H groups in total. The molecule has 0 aromatic rings. The Kier molecular flexibility index (Phi) is 3.11. The Morgan fingerprint density at radius 1 is 1.64 bits per heavy atom. The van der Waals surface area contributed by atoms with E-state index in [1.807, 2.05) is 6.92 Å². The van der Waals surface area contributed by atoms with Crippen LogP contribution in [0.25, 0.3) is 0 Å². The van der Waals surface area contributed by atoms with E-state index in [9.17, 15) is 4.79 Å². The molecule has 1 aliphatic heterocycles. The molecule has 1 aliphatic rings. The van der Waals surface area contributed by atoms with Gasteiger partial charge in [-0.15, -0.1) is 0 Å². The van der Waals surface area contributed by atoms with Crippen molar-refractivity contribution in [2.45, 2.75) is 13.3 Å². The molecule has 4 nitrogen and oxygen atoms in total. The number of halogens is 1. The van der Waals surface area contributed by atoms with Crippen molar-refractivity contribution in [1.82, 2.24) is 4.90 Å². The lowest BCUT2D eigenvalue weighted by Crippen LogP contribution is -2.37. The van der Waals surface area contributed by atoms with Crippen LogP contribution in [0.3, 0.4) is 0 Å². The lowest BCUT2D eigenvalue weighted by molar-refractivity contribution is -0.125. The Hall–Kier alpha value is -0.320. The Morgan fingerprint density at radius 2 is 2.18 bits per heavy atom. The van der Waals surface area contributed by atoms with Crippen LogP contribution in [-0.2, 0) is 9.47 Å². The number of carbonyl (C=O) groups excluding carboxylic acids is 1. The maximum Gasteiger partial charge on any atom is 0.320 e. The highest BCUT2D eigenvalue weighted by atomic mass is 35.5. The first-order chi connectivity index (χ1) is 5.25. The molecule has 0 unspecified atom stereocenters. The largest absolute Gasteiger partial charge is 0.333 e. The van der Waals surface area contributed by atoms with E-state index in [2.05, 4.69) is 0 Å². The van der Waals surface area contributed by atoms with E-state index in [4.69, 9.17) is 21.1 Å². The summed E-state index contributed by atoms with van der Waals surface area (Å²) in [7, 11) is 0. The fourth-order valence-corrected chi connectivity index (χ4v) is 1.08. The number of ether oxygens (including phenoxy) is 2. The summed E-state index contributed by atoms with van der Waals surface area (Å²) in [6.07, 6.45) is -0.579. The second-order valence-corrected chi connectivity index (χ2v) is 2.41. The second-order valence-electron chi connectivity index (χ2n) is 2.09. The number of rotatable bonds is 2. The number of hydrogen-bond acceptors (Lipinski definition) is 3. The van der Waals surface area contributed by atoms with Gasteiger partial charge < -0.3 is 9.47 Å². The molecule has 0 aliphatic carbocycles. The van der Waals surface area contributed by atoms with E-state index in [-0.39, 0.29) is 0 Å². The van der Waals surface area contributed by atoms with E-state index < -0.39 is 11.8 Å². The van der Waals surface area contributed by atoms with Crippen LogP contribution in [0.2, 0.25) is 0 Å². The predicted molar refractivity (Wildman–Crippen MR) is 39.3 cm³/mol. The van der Waals surface area contributed by atoms with E-state index in [1.165, 1.54) is 4.90 Å². The van der Waals surface area contributed by atoms with Crippen LogP contribution in [0.4, 0.5) is 4.79 Å². The summed E-state index contributed by atoms with van der Waals surface area (Å²) < 4.78 is 10.1. The van der Waals surface area contributed by atoms with Gasteiger partial charge in [0.1, 0.15) is 0 Å². The van der Waals surface area contributed by atoms with Crippen LogP contribution in [-0.4, -0.2) is 36.4 Å². The van der Waals surface area contributed by atoms with Crippen LogP contribution in [0.15, 0.2) is 0 Å². The average Bonchev–Trinajstić information content (AvgIpc) is 2.40. The van der Waals surface area contributed by atoms with Gasteiger partial charge in [0.15, 0.2) is 0 Å². The quantitative estimate of drug-likeness (QED) is 0.469.